The molecule has 0 aliphatic heterocycles. The molecule has 0 aliphatic rings. The first-order valence-corrected chi connectivity index (χ1v) is 9.47. The lowest BCUT2D eigenvalue weighted by molar-refractivity contribution is 0.102. The van der Waals surface area contributed by atoms with Crippen LogP contribution in [0.15, 0.2) is 48.7 Å². The van der Waals surface area contributed by atoms with Gasteiger partial charge in [-0.25, -0.2) is 0 Å². The Labute approximate surface area is 157 Å². The molecule has 0 unspecified atom stereocenters. The number of nitrogens with zero attached hydrogens (tertiary/aromatic N) is 2. The zero-order chi connectivity index (χ0) is 17.4. The topological polar surface area (TPSA) is 54.9 Å². The molecule has 3 aromatic heterocycles. The summed E-state index contributed by atoms with van der Waals surface area (Å²) in [4.78, 5) is 18.6. The van der Waals surface area contributed by atoms with Gasteiger partial charge in [-0.1, -0.05) is 29.8 Å². The number of hydrogen-bond acceptors (Lipinski definition) is 5. The third-order valence-corrected chi connectivity index (χ3v) is 6.17. The van der Waals surface area contributed by atoms with E-state index in [1.807, 2.05) is 31.2 Å². The largest absolute Gasteiger partial charge is 0.319 e. The Morgan fingerprint density at radius 2 is 2.04 bits per heavy atom. The molecule has 25 heavy (non-hydrogen) atoms. The Kier molecular flexibility index (Phi) is 4.25. The third kappa shape index (κ3) is 3.16. The summed E-state index contributed by atoms with van der Waals surface area (Å²) in [5.41, 5.74) is 1.73. The molecule has 0 fully saturated rings. The average Bonchev–Trinajstić information content (AvgIpc) is 3.19. The maximum atomic E-state index is 12.2. The number of carbonyl (C=O) groups is 1. The third-order valence-electron chi connectivity index (χ3n) is 3.71. The smallest absolute Gasteiger partial charge is 0.276 e. The van der Waals surface area contributed by atoms with Crippen molar-refractivity contribution in [1.82, 2.24) is 9.36 Å². The van der Waals surface area contributed by atoms with E-state index in [1.54, 1.807) is 17.5 Å². The predicted octanol–water partition coefficient (Wildman–Crippen LogP) is 5.63. The molecule has 4 aromatic rings. The fourth-order valence-electron chi connectivity index (χ4n) is 2.41. The average molecular weight is 386 g/mol. The molecule has 0 atom stereocenters. The SMILES string of the molecule is Cc1snc(C(=O)Nc2ccc(-c3cc4ccccc4s3)nc2)c1Cl. The molecule has 1 amide bonds. The molecular formula is C18H12ClN3OS2. The van der Waals surface area contributed by atoms with E-state index in [9.17, 15) is 4.79 Å². The van der Waals surface area contributed by atoms with Crippen LogP contribution in [-0.4, -0.2) is 15.3 Å². The van der Waals surface area contributed by atoms with Gasteiger partial charge in [-0.3, -0.25) is 9.78 Å². The number of fused-ring (bicyclic) bond motifs is 1. The molecule has 7 heteroatoms. The normalized spacial score (nSPS) is 11.0. The van der Waals surface area contributed by atoms with E-state index in [0.717, 1.165) is 15.4 Å². The van der Waals surface area contributed by atoms with Crippen LogP contribution in [0.25, 0.3) is 20.7 Å². The van der Waals surface area contributed by atoms with E-state index in [2.05, 4.69) is 32.9 Å². The van der Waals surface area contributed by atoms with E-state index >= 15 is 0 Å². The molecule has 0 aliphatic carbocycles. The van der Waals surface area contributed by atoms with Crippen molar-refractivity contribution in [1.29, 1.82) is 0 Å². The van der Waals surface area contributed by atoms with Gasteiger partial charge in [-0.15, -0.1) is 11.3 Å². The molecule has 0 spiro atoms. The predicted molar refractivity (Wildman–Crippen MR) is 105 cm³/mol. The lowest BCUT2D eigenvalue weighted by Gasteiger charge is -2.04. The number of amides is 1. The summed E-state index contributed by atoms with van der Waals surface area (Å²) in [5, 5.41) is 4.38. The van der Waals surface area contributed by atoms with Gasteiger partial charge in [-0.05, 0) is 48.1 Å². The Balaban J connectivity index is 1.55. The second-order valence-corrected chi connectivity index (χ2v) is 7.88. The van der Waals surface area contributed by atoms with Crippen molar-refractivity contribution >= 4 is 56.2 Å². The quantitative estimate of drug-likeness (QED) is 0.497. The molecule has 0 saturated carbocycles. The number of carbonyl (C=O) groups excluding carboxylic acids is 1. The first kappa shape index (κ1) is 16.2. The minimum atomic E-state index is -0.328. The van der Waals surface area contributed by atoms with Crippen LogP contribution in [0.2, 0.25) is 5.02 Å². The summed E-state index contributed by atoms with van der Waals surface area (Å²) < 4.78 is 5.31. The summed E-state index contributed by atoms with van der Waals surface area (Å²) in [6, 6.07) is 14.1. The summed E-state index contributed by atoms with van der Waals surface area (Å²) in [6.45, 7) is 1.83. The molecule has 0 saturated heterocycles. The number of halogens is 1. The molecule has 0 bridgehead atoms. The summed E-state index contributed by atoms with van der Waals surface area (Å²) >= 11 is 9.00. The van der Waals surface area contributed by atoms with Gasteiger partial charge in [-0.2, -0.15) is 4.37 Å². The zero-order valence-corrected chi connectivity index (χ0v) is 15.5. The van der Waals surface area contributed by atoms with Crippen LogP contribution in [0, 0.1) is 6.92 Å². The van der Waals surface area contributed by atoms with Gasteiger partial charge >= 0.3 is 0 Å². The van der Waals surface area contributed by atoms with Gasteiger partial charge in [0.1, 0.15) is 0 Å². The van der Waals surface area contributed by atoms with E-state index in [1.165, 1.54) is 21.6 Å². The molecule has 0 radical (unpaired) electrons. The van der Waals surface area contributed by atoms with Crippen LogP contribution in [0.5, 0.6) is 0 Å². The van der Waals surface area contributed by atoms with Crippen molar-refractivity contribution in [3.63, 3.8) is 0 Å². The molecule has 3 heterocycles. The van der Waals surface area contributed by atoms with Gasteiger partial charge in [0.15, 0.2) is 5.69 Å². The molecule has 1 aromatic carbocycles. The van der Waals surface area contributed by atoms with E-state index in [4.69, 9.17) is 11.6 Å². The van der Waals surface area contributed by atoms with Gasteiger partial charge in [0.2, 0.25) is 0 Å². The summed E-state index contributed by atoms with van der Waals surface area (Å²) in [7, 11) is 0. The number of aromatic nitrogens is 2. The van der Waals surface area contributed by atoms with Crippen LogP contribution in [0.4, 0.5) is 5.69 Å². The maximum absolute atomic E-state index is 12.2. The van der Waals surface area contributed by atoms with Gasteiger partial charge in [0, 0.05) is 9.58 Å². The number of rotatable bonds is 3. The Morgan fingerprint density at radius 1 is 1.20 bits per heavy atom. The standard InChI is InChI=1S/C18H12ClN3OS2/c1-10-16(19)17(22-25-10)18(23)21-12-6-7-13(20-9-12)15-8-11-4-2-3-5-14(11)24-15/h2-9H,1H3,(H,21,23). The molecule has 4 rings (SSSR count). The summed E-state index contributed by atoms with van der Waals surface area (Å²) in [5.74, 6) is -0.328. The molecular weight excluding hydrogens is 374 g/mol. The Bertz CT molecular complexity index is 1040. The Hall–Kier alpha value is -2.28. The number of thiophene rings is 1. The minimum absolute atomic E-state index is 0.248. The summed E-state index contributed by atoms with van der Waals surface area (Å²) in [6.07, 6.45) is 1.64. The molecule has 1 N–H and O–H groups in total. The van der Waals surface area contributed by atoms with Crippen molar-refractivity contribution in [2.24, 2.45) is 0 Å². The number of benzene rings is 1. The van der Waals surface area contributed by atoms with Gasteiger partial charge in [0.25, 0.3) is 5.91 Å². The second-order valence-electron chi connectivity index (χ2n) is 5.44. The lowest BCUT2D eigenvalue weighted by Crippen LogP contribution is -2.12. The van der Waals surface area contributed by atoms with Crippen molar-refractivity contribution in [2.75, 3.05) is 5.32 Å². The first-order chi connectivity index (χ1) is 12.1. The number of aryl methyl sites for hydroxylation is 1. The minimum Gasteiger partial charge on any atom is -0.319 e. The fraction of sp³-hybridized carbons (Fsp3) is 0.0556. The van der Waals surface area contributed by atoms with Crippen LogP contribution >= 0.6 is 34.5 Å². The molecule has 124 valence electrons. The van der Waals surface area contributed by atoms with Crippen LogP contribution in [0.3, 0.4) is 0 Å². The van der Waals surface area contributed by atoms with Gasteiger partial charge in [0.05, 0.1) is 27.5 Å². The monoisotopic (exact) mass is 385 g/mol. The van der Waals surface area contributed by atoms with Crippen molar-refractivity contribution in [2.45, 2.75) is 6.92 Å². The number of pyridine rings is 1. The highest BCUT2D eigenvalue weighted by Crippen LogP contribution is 2.32. The van der Waals surface area contributed by atoms with E-state index in [0.29, 0.717) is 10.7 Å². The highest BCUT2D eigenvalue weighted by Gasteiger charge is 2.16. The van der Waals surface area contributed by atoms with Crippen molar-refractivity contribution in [3.05, 3.63) is 64.3 Å². The van der Waals surface area contributed by atoms with E-state index < -0.39 is 0 Å². The molecule has 4 nitrogen and oxygen atoms in total. The highest BCUT2D eigenvalue weighted by molar-refractivity contribution is 7.22. The fourth-order valence-corrected chi connectivity index (χ4v) is 4.31. The van der Waals surface area contributed by atoms with Crippen LogP contribution in [0.1, 0.15) is 15.4 Å². The number of anilines is 1. The number of hydrogen-bond donors (Lipinski definition) is 1. The van der Waals surface area contributed by atoms with Gasteiger partial charge < -0.3 is 5.32 Å². The van der Waals surface area contributed by atoms with Crippen molar-refractivity contribution < 1.29 is 4.79 Å². The lowest BCUT2D eigenvalue weighted by atomic mass is 10.2. The second kappa shape index (κ2) is 6.55. The van der Waals surface area contributed by atoms with Crippen LogP contribution in [-0.2, 0) is 0 Å². The maximum Gasteiger partial charge on any atom is 0.276 e. The first-order valence-electron chi connectivity index (χ1n) is 7.50. The van der Waals surface area contributed by atoms with E-state index in [-0.39, 0.29) is 11.6 Å². The highest BCUT2D eigenvalue weighted by atomic mass is 35.5. The zero-order valence-electron chi connectivity index (χ0n) is 13.1. The van der Waals surface area contributed by atoms with Crippen molar-refractivity contribution in [3.8, 4) is 10.6 Å². The Morgan fingerprint density at radius 3 is 2.72 bits per heavy atom. The number of nitrogens with one attached hydrogen (secondary N) is 1. The van der Waals surface area contributed by atoms with Crippen LogP contribution < -0.4 is 5.32 Å².